The number of nitrogens with zero attached hydrogens (tertiary/aromatic N) is 2. The van der Waals surface area contributed by atoms with Crippen molar-refractivity contribution >= 4 is 11.8 Å². The molecule has 2 aromatic rings. The first-order valence-electron chi connectivity index (χ1n) is 12.8. The van der Waals surface area contributed by atoms with Crippen LogP contribution >= 0.6 is 0 Å². The molecule has 1 radical (unpaired) electrons. The van der Waals surface area contributed by atoms with E-state index in [2.05, 4.69) is 16.3 Å². The van der Waals surface area contributed by atoms with Crippen LogP contribution in [0, 0.1) is 23.2 Å². The van der Waals surface area contributed by atoms with Gasteiger partial charge in [-0.05, 0) is 37.3 Å². The molecule has 1 unspecified atom stereocenters. The molecule has 1 atom stereocenters. The standard InChI is InChI=1S/C29H35N4O3/c30-21-29(32-26(34)13-16-28(27(31)35)14-7-2-8-15-28)17-18-33(22-29)19-24-11-5-6-12-25(24)36-20-23-9-3-1-4-10-23/h1,3-6,9-13H,2,7-8,14-20,22H2,(H2,31,35)(H,32,34). The Hall–Kier alpha value is -3.37. The van der Waals surface area contributed by atoms with Crippen molar-refractivity contribution in [2.75, 3.05) is 13.1 Å². The monoisotopic (exact) mass is 487 g/mol. The Morgan fingerprint density at radius 3 is 2.50 bits per heavy atom. The van der Waals surface area contributed by atoms with E-state index in [0.717, 1.165) is 49.0 Å². The lowest BCUT2D eigenvalue weighted by atomic mass is 9.70. The molecule has 0 spiro atoms. The summed E-state index contributed by atoms with van der Waals surface area (Å²) in [5.74, 6) is 0.176. The maximum Gasteiger partial charge on any atom is 0.225 e. The number of nitrogens with two attached hydrogens (primary N) is 1. The highest BCUT2D eigenvalue weighted by Gasteiger charge is 2.42. The first kappa shape index (κ1) is 25.7. The summed E-state index contributed by atoms with van der Waals surface area (Å²) in [5.41, 5.74) is 6.25. The van der Waals surface area contributed by atoms with Gasteiger partial charge in [0, 0.05) is 30.6 Å². The zero-order valence-electron chi connectivity index (χ0n) is 20.7. The Balaban J connectivity index is 1.33. The van der Waals surface area contributed by atoms with E-state index < -0.39 is 11.0 Å². The van der Waals surface area contributed by atoms with Crippen LogP contribution in [0.25, 0.3) is 0 Å². The van der Waals surface area contributed by atoms with Gasteiger partial charge in [0.25, 0.3) is 0 Å². The van der Waals surface area contributed by atoms with Gasteiger partial charge in [-0.15, -0.1) is 0 Å². The van der Waals surface area contributed by atoms with Gasteiger partial charge in [-0.25, -0.2) is 0 Å². The van der Waals surface area contributed by atoms with E-state index in [1.165, 1.54) is 6.42 Å². The Bertz CT molecular complexity index is 1090. The number of hydrogen-bond acceptors (Lipinski definition) is 5. The van der Waals surface area contributed by atoms with Crippen LogP contribution in [0.5, 0.6) is 5.75 Å². The number of primary amides is 1. The van der Waals surface area contributed by atoms with E-state index in [1.807, 2.05) is 54.6 Å². The minimum absolute atomic E-state index is 0.309. The van der Waals surface area contributed by atoms with Gasteiger partial charge in [0.15, 0.2) is 0 Å². The second kappa shape index (κ2) is 11.6. The van der Waals surface area contributed by atoms with Gasteiger partial charge in [0.1, 0.15) is 17.9 Å². The third kappa shape index (κ3) is 6.24. The molecule has 1 aliphatic carbocycles. The van der Waals surface area contributed by atoms with Gasteiger partial charge in [-0.2, -0.15) is 5.26 Å². The molecule has 0 aromatic heterocycles. The Labute approximate surface area is 213 Å². The van der Waals surface area contributed by atoms with Gasteiger partial charge in [-0.3, -0.25) is 14.5 Å². The number of nitriles is 1. The Kier molecular flexibility index (Phi) is 8.27. The maximum absolute atomic E-state index is 12.8. The van der Waals surface area contributed by atoms with E-state index in [-0.39, 0.29) is 11.8 Å². The largest absolute Gasteiger partial charge is 0.489 e. The first-order valence-corrected chi connectivity index (χ1v) is 12.8. The summed E-state index contributed by atoms with van der Waals surface area (Å²) in [5, 5.41) is 12.9. The predicted molar refractivity (Wildman–Crippen MR) is 137 cm³/mol. The summed E-state index contributed by atoms with van der Waals surface area (Å²) in [6, 6.07) is 20.3. The Morgan fingerprint density at radius 2 is 1.78 bits per heavy atom. The summed E-state index contributed by atoms with van der Waals surface area (Å²) in [6.07, 6.45) is 6.81. The number of ether oxygens (including phenoxy) is 1. The number of likely N-dealkylation sites (tertiary alicyclic amines) is 1. The molecule has 2 fully saturated rings. The number of carbonyl (C=O) groups excluding carboxylic acids is 2. The van der Waals surface area contributed by atoms with Gasteiger partial charge in [0.2, 0.25) is 11.8 Å². The van der Waals surface area contributed by atoms with E-state index in [1.54, 1.807) is 0 Å². The summed E-state index contributed by atoms with van der Waals surface area (Å²) in [4.78, 5) is 27.1. The molecule has 7 heteroatoms. The third-order valence-electron chi connectivity index (χ3n) is 7.54. The summed E-state index contributed by atoms with van der Waals surface area (Å²) < 4.78 is 6.09. The molecule has 1 aliphatic heterocycles. The second-order valence-corrected chi connectivity index (χ2v) is 10.1. The Morgan fingerprint density at radius 1 is 1.06 bits per heavy atom. The molecule has 0 bridgehead atoms. The molecular formula is C29H35N4O3. The highest BCUT2D eigenvalue weighted by atomic mass is 16.5. The van der Waals surface area contributed by atoms with Crippen LogP contribution in [-0.2, 0) is 22.7 Å². The molecule has 2 aromatic carbocycles. The molecule has 189 valence electrons. The molecular weight excluding hydrogens is 452 g/mol. The maximum atomic E-state index is 12.8. The van der Waals surface area contributed by atoms with Crippen LogP contribution in [-0.4, -0.2) is 35.3 Å². The van der Waals surface area contributed by atoms with Crippen molar-refractivity contribution in [1.29, 1.82) is 5.26 Å². The lowest BCUT2D eigenvalue weighted by Gasteiger charge is -2.34. The van der Waals surface area contributed by atoms with Crippen LogP contribution in [0.15, 0.2) is 54.6 Å². The molecule has 2 aliphatic rings. The van der Waals surface area contributed by atoms with Crippen LogP contribution in [0.4, 0.5) is 0 Å². The van der Waals surface area contributed by atoms with E-state index in [9.17, 15) is 14.9 Å². The van der Waals surface area contributed by atoms with Crippen molar-refractivity contribution in [1.82, 2.24) is 10.2 Å². The van der Waals surface area contributed by atoms with Gasteiger partial charge >= 0.3 is 0 Å². The van der Waals surface area contributed by atoms with E-state index >= 15 is 0 Å². The lowest BCUT2D eigenvalue weighted by molar-refractivity contribution is -0.129. The lowest BCUT2D eigenvalue weighted by Crippen LogP contribution is -2.50. The quantitative estimate of drug-likeness (QED) is 0.529. The number of carbonyl (C=O) groups is 2. The number of nitrogens with one attached hydrogen (secondary N) is 1. The van der Waals surface area contributed by atoms with Crippen molar-refractivity contribution in [2.45, 2.75) is 63.6 Å². The number of para-hydroxylation sites is 1. The molecule has 3 N–H and O–H groups in total. The van der Waals surface area contributed by atoms with Crippen molar-refractivity contribution in [3.05, 3.63) is 72.1 Å². The fraction of sp³-hybridized carbons (Fsp3) is 0.448. The fourth-order valence-corrected chi connectivity index (χ4v) is 5.35. The van der Waals surface area contributed by atoms with Crippen molar-refractivity contribution in [2.24, 2.45) is 11.1 Å². The highest BCUT2D eigenvalue weighted by molar-refractivity contribution is 5.88. The van der Waals surface area contributed by atoms with Crippen molar-refractivity contribution in [3.8, 4) is 11.8 Å². The van der Waals surface area contributed by atoms with Crippen molar-refractivity contribution in [3.63, 3.8) is 0 Å². The SMILES string of the molecule is N#CC1(NC(=O)[CH]CC2(C(N)=O)CCCCC2)CCN(Cc2ccccc2OCc2ccccc2)C1. The fourth-order valence-electron chi connectivity index (χ4n) is 5.35. The smallest absolute Gasteiger partial charge is 0.225 e. The highest BCUT2D eigenvalue weighted by Crippen LogP contribution is 2.40. The number of hydrogen-bond donors (Lipinski definition) is 2. The molecule has 2 amide bonds. The topological polar surface area (TPSA) is 108 Å². The average molecular weight is 488 g/mol. The summed E-state index contributed by atoms with van der Waals surface area (Å²) in [7, 11) is 0. The summed E-state index contributed by atoms with van der Waals surface area (Å²) >= 11 is 0. The molecule has 1 saturated carbocycles. The number of benzene rings is 2. The predicted octanol–water partition coefficient (Wildman–Crippen LogP) is 3.88. The number of rotatable bonds is 10. The minimum atomic E-state index is -0.958. The van der Waals surface area contributed by atoms with Crippen LogP contribution < -0.4 is 15.8 Å². The zero-order chi connectivity index (χ0) is 25.4. The van der Waals surface area contributed by atoms with E-state index in [4.69, 9.17) is 10.5 Å². The normalized spacial score (nSPS) is 21.4. The number of amides is 2. The van der Waals surface area contributed by atoms with Crippen LogP contribution in [0.2, 0.25) is 0 Å². The van der Waals surface area contributed by atoms with Gasteiger partial charge in [-0.1, -0.05) is 67.8 Å². The van der Waals surface area contributed by atoms with Crippen LogP contribution in [0.1, 0.15) is 56.1 Å². The van der Waals surface area contributed by atoms with Gasteiger partial charge in [0.05, 0.1) is 12.5 Å². The molecule has 36 heavy (non-hydrogen) atoms. The van der Waals surface area contributed by atoms with E-state index in [0.29, 0.717) is 39.1 Å². The summed E-state index contributed by atoms with van der Waals surface area (Å²) in [6.45, 7) is 2.22. The van der Waals surface area contributed by atoms with Crippen LogP contribution in [0.3, 0.4) is 0 Å². The van der Waals surface area contributed by atoms with Gasteiger partial charge < -0.3 is 15.8 Å². The first-order chi connectivity index (χ1) is 17.4. The average Bonchev–Trinajstić information content (AvgIpc) is 3.30. The zero-order valence-corrected chi connectivity index (χ0v) is 20.7. The second-order valence-electron chi connectivity index (χ2n) is 10.1. The molecule has 7 nitrogen and oxygen atoms in total. The molecule has 1 saturated heterocycles. The molecule has 1 heterocycles. The van der Waals surface area contributed by atoms with Crippen molar-refractivity contribution < 1.29 is 14.3 Å². The third-order valence-corrected chi connectivity index (χ3v) is 7.54. The minimum Gasteiger partial charge on any atom is -0.489 e. The molecule has 4 rings (SSSR count).